The first-order valence-electron chi connectivity index (χ1n) is 9.63. The number of carboxylic acid groups (broad SMARTS) is 1. The highest BCUT2D eigenvalue weighted by Crippen LogP contribution is 2.26. The molecular formula is C21H31BrN2O5. The predicted molar refractivity (Wildman–Crippen MR) is 116 cm³/mol. The number of hydrogen-bond acceptors (Lipinski definition) is 4. The number of amides is 2. The summed E-state index contributed by atoms with van der Waals surface area (Å²) in [6.07, 6.45) is -1.54. The van der Waals surface area contributed by atoms with E-state index in [-0.39, 0.29) is 12.5 Å². The van der Waals surface area contributed by atoms with Gasteiger partial charge in [0.1, 0.15) is 6.04 Å². The number of likely N-dealkylation sites (N-methyl/N-ethyl adjacent to an activating group) is 1. The van der Waals surface area contributed by atoms with Gasteiger partial charge in [-0.05, 0) is 48.9 Å². The number of aliphatic carboxylic acids is 1. The number of nitrogens with one attached hydrogen (secondary N) is 1. The van der Waals surface area contributed by atoms with E-state index in [2.05, 4.69) is 21.2 Å². The van der Waals surface area contributed by atoms with Crippen LogP contribution in [0.15, 0.2) is 28.7 Å². The third-order valence-electron chi connectivity index (χ3n) is 4.29. The van der Waals surface area contributed by atoms with Gasteiger partial charge in [0.25, 0.3) is 5.91 Å². The number of hydrogen-bond donors (Lipinski definition) is 2. The number of carboxylic acids is 1. The quantitative estimate of drug-likeness (QED) is 0.570. The molecule has 0 bridgehead atoms. The van der Waals surface area contributed by atoms with Gasteiger partial charge in [-0.1, -0.05) is 50.5 Å². The van der Waals surface area contributed by atoms with Crippen molar-refractivity contribution in [2.75, 3.05) is 11.9 Å². The lowest BCUT2D eigenvalue weighted by Gasteiger charge is -2.38. The van der Waals surface area contributed by atoms with E-state index in [1.807, 2.05) is 13.8 Å². The fraction of sp³-hybridized carbons (Fsp3) is 0.571. The van der Waals surface area contributed by atoms with Crippen molar-refractivity contribution in [1.29, 1.82) is 0 Å². The van der Waals surface area contributed by atoms with Crippen molar-refractivity contribution >= 4 is 39.6 Å². The third-order valence-corrected chi connectivity index (χ3v) is 4.82. The Morgan fingerprint density at radius 3 is 2.14 bits per heavy atom. The molecule has 1 unspecified atom stereocenters. The second-order valence-corrected chi connectivity index (χ2v) is 9.30. The van der Waals surface area contributed by atoms with Crippen LogP contribution in [-0.2, 0) is 14.3 Å². The molecule has 1 aromatic carbocycles. The average molecular weight is 471 g/mol. The van der Waals surface area contributed by atoms with Crippen LogP contribution in [0.25, 0.3) is 0 Å². The highest BCUT2D eigenvalue weighted by molar-refractivity contribution is 9.10. The maximum atomic E-state index is 13.2. The van der Waals surface area contributed by atoms with E-state index >= 15 is 0 Å². The summed E-state index contributed by atoms with van der Waals surface area (Å²) in [7, 11) is 0. The van der Waals surface area contributed by atoms with Gasteiger partial charge in [0, 0.05) is 16.7 Å². The maximum Gasteiger partial charge on any atom is 0.412 e. The van der Waals surface area contributed by atoms with Gasteiger partial charge < -0.3 is 14.7 Å². The lowest BCUT2D eigenvalue weighted by Crippen LogP contribution is -2.55. The molecule has 7 nitrogen and oxygen atoms in total. The Morgan fingerprint density at radius 2 is 1.72 bits per heavy atom. The molecule has 0 aliphatic carbocycles. The molecule has 1 rings (SSSR count). The molecule has 0 spiro atoms. The number of benzene rings is 1. The van der Waals surface area contributed by atoms with E-state index < -0.39 is 35.5 Å². The minimum Gasteiger partial charge on any atom is -0.480 e. The molecule has 0 saturated heterocycles. The molecule has 8 heteroatoms. The van der Waals surface area contributed by atoms with E-state index in [0.29, 0.717) is 12.1 Å². The van der Waals surface area contributed by atoms with Crippen molar-refractivity contribution in [2.24, 2.45) is 11.3 Å². The Labute approximate surface area is 180 Å². The van der Waals surface area contributed by atoms with Gasteiger partial charge in [-0.2, -0.15) is 0 Å². The average Bonchev–Trinajstić information content (AvgIpc) is 2.58. The number of rotatable bonds is 8. The molecule has 0 aromatic heterocycles. The molecular weight excluding hydrogens is 440 g/mol. The van der Waals surface area contributed by atoms with Crippen LogP contribution in [0.1, 0.15) is 48.0 Å². The highest BCUT2D eigenvalue weighted by atomic mass is 79.9. The van der Waals surface area contributed by atoms with Gasteiger partial charge in [-0.3, -0.25) is 10.1 Å². The van der Waals surface area contributed by atoms with Crippen LogP contribution in [0.4, 0.5) is 10.5 Å². The summed E-state index contributed by atoms with van der Waals surface area (Å²) in [5, 5.41) is 12.3. The summed E-state index contributed by atoms with van der Waals surface area (Å²) in [6, 6.07) is 5.90. The fourth-order valence-electron chi connectivity index (χ4n) is 3.06. The van der Waals surface area contributed by atoms with Crippen LogP contribution < -0.4 is 5.32 Å². The molecule has 0 aliphatic heterocycles. The zero-order valence-electron chi connectivity index (χ0n) is 17.9. The van der Waals surface area contributed by atoms with Crippen LogP contribution in [0.2, 0.25) is 0 Å². The molecule has 0 fully saturated rings. The molecule has 2 N–H and O–H groups in total. The Morgan fingerprint density at radius 1 is 1.17 bits per heavy atom. The Hall–Kier alpha value is -2.09. The molecule has 0 radical (unpaired) electrons. The number of anilines is 1. The zero-order valence-corrected chi connectivity index (χ0v) is 19.4. The largest absolute Gasteiger partial charge is 0.480 e. The van der Waals surface area contributed by atoms with E-state index in [4.69, 9.17) is 4.74 Å². The minimum absolute atomic E-state index is 0.0704. The molecule has 2 atom stereocenters. The third kappa shape index (κ3) is 7.68. The van der Waals surface area contributed by atoms with Crippen molar-refractivity contribution in [3.05, 3.63) is 28.7 Å². The van der Waals surface area contributed by atoms with Crippen LogP contribution >= 0.6 is 15.9 Å². The van der Waals surface area contributed by atoms with Crippen molar-refractivity contribution < 1.29 is 24.2 Å². The van der Waals surface area contributed by atoms with Gasteiger partial charge in [-0.25, -0.2) is 9.59 Å². The van der Waals surface area contributed by atoms with E-state index in [9.17, 15) is 19.5 Å². The normalized spacial score (nSPS) is 13.5. The van der Waals surface area contributed by atoms with Crippen molar-refractivity contribution in [2.45, 2.75) is 60.1 Å². The molecule has 0 heterocycles. The topological polar surface area (TPSA) is 95.9 Å². The predicted octanol–water partition coefficient (Wildman–Crippen LogP) is 4.76. The monoisotopic (exact) mass is 470 g/mol. The fourth-order valence-corrected chi connectivity index (χ4v) is 3.32. The first-order chi connectivity index (χ1) is 13.4. The smallest absolute Gasteiger partial charge is 0.412 e. The molecule has 0 aliphatic rings. The van der Waals surface area contributed by atoms with Gasteiger partial charge in [0.2, 0.25) is 0 Å². The van der Waals surface area contributed by atoms with Crippen molar-refractivity contribution in [1.82, 2.24) is 4.90 Å². The number of ether oxygens (including phenoxy) is 1. The zero-order chi connectivity index (χ0) is 22.4. The first kappa shape index (κ1) is 24.9. The molecule has 162 valence electrons. The van der Waals surface area contributed by atoms with E-state index in [1.54, 1.807) is 52.0 Å². The van der Waals surface area contributed by atoms with E-state index in [0.717, 1.165) is 4.47 Å². The van der Waals surface area contributed by atoms with Gasteiger partial charge in [0.15, 0.2) is 6.10 Å². The second kappa shape index (κ2) is 10.6. The first-order valence-corrected chi connectivity index (χ1v) is 10.4. The summed E-state index contributed by atoms with van der Waals surface area (Å²) in [5.74, 6) is -1.52. The maximum absolute atomic E-state index is 13.2. The highest BCUT2D eigenvalue weighted by Gasteiger charge is 2.41. The minimum atomic E-state index is -1.09. The summed E-state index contributed by atoms with van der Waals surface area (Å²) < 4.78 is 6.30. The lowest BCUT2D eigenvalue weighted by molar-refractivity contribution is -0.159. The lowest BCUT2D eigenvalue weighted by atomic mass is 9.85. The Balaban J connectivity index is 3.04. The number of nitrogens with zero attached hydrogens (tertiary/aromatic N) is 1. The van der Waals surface area contributed by atoms with Crippen LogP contribution in [0.5, 0.6) is 0 Å². The Bertz CT molecular complexity index is 713. The van der Waals surface area contributed by atoms with Gasteiger partial charge in [0.05, 0.1) is 0 Å². The SMILES string of the molecule is CCN(C(=O)[C@H](CC(C)C)OC(=O)Nc1ccc(Br)cc1)C(C(=O)O)C(C)(C)C. The molecule has 2 amide bonds. The number of halogens is 1. The number of carbonyl (C=O) groups is 3. The number of carbonyl (C=O) groups excluding carboxylic acids is 2. The summed E-state index contributed by atoms with van der Waals surface area (Å²) in [5.41, 5.74) is -0.154. The van der Waals surface area contributed by atoms with Crippen LogP contribution in [0.3, 0.4) is 0 Å². The van der Waals surface area contributed by atoms with Crippen LogP contribution in [0, 0.1) is 11.3 Å². The summed E-state index contributed by atoms with van der Waals surface area (Å²) in [4.78, 5) is 38.7. The van der Waals surface area contributed by atoms with Gasteiger partial charge >= 0.3 is 12.1 Å². The summed E-state index contributed by atoms with van der Waals surface area (Å²) in [6.45, 7) is 11.0. The second-order valence-electron chi connectivity index (χ2n) is 8.39. The molecule has 29 heavy (non-hydrogen) atoms. The van der Waals surface area contributed by atoms with Gasteiger partial charge in [-0.15, -0.1) is 0 Å². The standard InChI is InChI=1S/C21H31BrN2O5/c1-7-24(17(19(26)27)21(4,5)6)18(25)16(12-13(2)3)29-20(28)23-15-10-8-14(22)9-11-15/h8-11,13,16-17H,7,12H2,1-6H3,(H,23,28)(H,26,27)/t16-,17?/m0/s1. The molecule has 0 saturated carbocycles. The van der Waals surface area contributed by atoms with Crippen LogP contribution in [-0.4, -0.2) is 46.7 Å². The van der Waals surface area contributed by atoms with Crippen molar-refractivity contribution in [3.63, 3.8) is 0 Å². The Kier molecular flexibility index (Phi) is 9.14. The van der Waals surface area contributed by atoms with Crippen molar-refractivity contribution in [3.8, 4) is 0 Å². The molecule has 1 aromatic rings. The summed E-state index contributed by atoms with van der Waals surface area (Å²) >= 11 is 3.32. The van der Waals surface area contributed by atoms with E-state index in [1.165, 1.54) is 4.90 Å².